The normalized spacial score (nSPS) is 17.0. The fourth-order valence-corrected chi connectivity index (χ4v) is 5.77. The molecule has 39 heavy (non-hydrogen) atoms. The number of rotatable bonds is 7. The fraction of sp³-hybridized carbons (Fsp3) is 0.367. The predicted molar refractivity (Wildman–Crippen MR) is 155 cm³/mol. The van der Waals surface area contributed by atoms with E-state index < -0.39 is 0 Å². The molecule has 2 saturated heterocycles. The van der Waals surface area contributed by atoms with Crippen LogP contribution in [0.2, 0.25) is 0 Å². The lowest BCUT2D eigenvalue weighted by Gasteiger charge is -2.34. The number of H-pyrrole nitrogens is 2. The lowest BCUT2D eigenvalue weighted by Crippen LogP contribution is -2.44. The Bertz CT molecular complexity index is 1590. The van der Waals surface area contributed by atoms with Gasteiger partial charge in [0.1, 0.15) is 23.6 Å². The number of aromatic amines is 2. The number of nitrogens with one attached hydrogen (secondary N) is 2. The molecule has 0 saturated carbocycles. The lowest BCUT2D eigenvalue weighted by molar-refractivity contribution is 0.237. The number of benzene rings is 1. The topological polar surface area (TPSA) is 89.2 Å². The first-order chi connectivity index (χ1) is 19.2. The van der Waals surface area contributed by atoms with Crippen LogP contribution in [0.3, 0.4) is 0 Å². The van der Waals surface area contributed by atoms with Gasteiger partial charge in [0.15, 0.2) is 0 Å². The van der Waals surface area contributed by atoms with Gasteiger partial charge < -0.3 is 19.5 Å². The molecule has 0 bridgehead atoms. The molecule has 2 N–H and O–H groups in total. The largest absolute Gasteiger partial charge is 0.491 e. The summed E-state index contributed by atoms with van der Waals surface area (Å²) >= 11 is 0. The Kier molecular flexibility index (Phi) is 6.38. The van der Waals surface area contributed by atoms with Gasteiger partial charge >= 0.3 is 0 Å². The molecule has 1 aromatic carbocycles. The fourth-order valence-electron chi connectivity index (χ4n) is 5.77. The van der Waals surface area contributed by atoms with Crippen molar-refractivity contribution < 1.29 is 4.74 Å². The van der Waals surface area contributed by atoms with E-state index in [0.717, 1.165) is 77.7 Å². The number of fused-ring (bicyclic) bond motifs is 2. The zero-order chi connectivity index (χ0) is 26.2. The highest BCUT2D eigenvalue weighted by atomic mass is 16.5. The molecule has 2 aliphatic heterocycles. The molecule has 200 valence electrons. The quantitative estimate of drug-likeness (QED) is 0.328. The molecule has 7 rings (SSSR count). The van der Waals surface area contributed by atoms with Crippen LogP contribution in [-0.4, -0.2) is 94.4 Å². The van der Waals surface area contributed by atoms with E-state index in [-0.39, 0.29) is 0 Å². The summed E-state index contributed by atoms with van der Waals surface area (Å²) in [6.45, 7) is 8.17. The van der Waals surface area contributed by atoms with Crippen LogP contribution in [0.25, 0.3) is 44.6 Å². The Labute approximate surface area is 227 Å². The number of likely N-dealkylation sites (tertiary alicyclic amines) is 1. The van der Waals surface area contributed by atoms with Gasteiger partial charge in [-0.25, -0.2) is 4.98 Å². The van der Waals surface area contributed by atoms with Crippen LogP contribution >= 0.6 is 0 Å². The van der Waals surface area contributed by atoms with Gasteiger partial charge in [-0.15, -0.1) is 0 Å². The second-order valence-corrected chi connectivity index (χ2v) is 10.7. The van der Waals surface area contributed by atoms with Gasteiger partial charge in [0, 0.05) is 61.1 Å². The first-order valence-electron chi connectivity index (χ1n) is 13.9. The van der Waals surface area contributed by atoms with E-state index in [1.54, 1.807) is 6.20 Å². The number of hydrogen-bond acceptors (Lipinski definition) is 7. The van der Waals surface area contributed by atoms with Gasteiger partial charge in [-0.1, -0.05) is 6.07 Å². The van der Waals surface area contributed by atoms with Crippen LogP contribution < -0.4 is 9.64 Å². The van der Waals surface area contributed by atoms with Crippen LogP contribution in [0.15, 0.2) is 54.9 Å². The SMILES string of the molecule is CN1CCN(c2cccc3[nH]c(-c4n[nH]c5ccc(-c6cncc(OCCN7CCCC7)c6)nc45)cc23)CC1. The van der Waals surface area contributed by atoms with Crippen LogP contribution in [0, 0.1) is 0 Å². The van der Waals surface area contributed by atoms with Crippen molar-refractivity contribution in [1.29, 1.82) is 0 Å². The van der Waals surface area contributed by atoms with Crippen LogP contribution in [0.5, 0.6) is 5.75 Å². The molecular weight excluding hydrogens is 488 g/mol. The van der Waals surface area contributed by atoms with E-state index in [1.807, 2.05) is 24.4 Å². The molecule has 4 aromatic heterocycles. The summed E-state index contributed by atoms with van der Waals surface area (Å²) in [6.07, 6.45) is 6.19. The molecule has 0 amide bonds. The van der Waals surface area contributed by atoms with Gasteiger partial charge in [-0.3, -0.25) is 15.0 Å². The van der Waals surface area contributed by atoms with E-state index in [9.17, 15) is 0 Å². The summed E-state index contributed by atoms with van der Waals surface area (Å²) in [5.74, 6) is 0.771. The molecule has 9 heteroatoms. The van der Waals surface area contributed by atoms with Crippen molar-refractivity contribution in [3.05, 3.63) is 54.9 Å². The Morgan fingerprint density at radius 3 is 2.67 bits per heavy atom. The maximum atomic E-state index is 6.03. The van der Waals surface area contributed by atoms with Crippen molar-refractivity contribution in [3.63, 3.8) is 0 Å². The third kappa shape index (κ3) is 4.84. The number of likely N-dealkylation sites (N-methyl/N-ethyl adjacent to an activating group) is 1. The third-order valence-electron chi connectivity index (χ3n) is 8.03. The smallest absolute Gasteiger partial charge is 0.138 e. The maximum absolute atomic E-state index is 6.03. The number of anilines is 1. The molecule has 0 unspecified atom stereocenters. The summed E-state index contributed by atoms with van der Waals surface area (Å²) in [7, 11) is 2.19. The molecule has 9 nitrogen and oxygen atoms in total. The van der Waals surface area contributed by atoms with E-state index in [0.29, 0.717) is 6.61 Å². The standard InChI is InChI=1S/C30H34N8O/c1-36-11-13-38(14-12-36)28-6-4-5-25-23(28)18-27(32-25)30-29-26(34-35-30)8-7-24(33-29)21-17-22(20-31-19-21)39-16-15-37-9-2-3-10-37/h4-8,17-20,32H,2-3,9-16H2,1H3,(H,34,35). The Morgan fingerprint density at radius 1 is 0.923 bits per heavy atom. The number of nitrogens with zero attached hydrogens (tertiary/aromatic N) is 6. The second-order valence-electron chi connectivity index (χ2n) is 10.7. The van der Waals surface area contributed by atoms with Gasteiger partial charge in [0.2, 0.25) is 0 Å². The lowest BCUT2D eigenvalue weighted by atomic mass is 10.1. The number of piperazine rings is 1. The molecule has 2 aliphatic rings. The minimum atomic E-state index is 0.667. The summed E-state index contributed by atoms with van der Waals surface area (Å²) in [5, 5.41) is 9.04. The van der Waals surface area contributed by atoms with Crippen molar-refractivity contribution in [2.75, 3.05) is 64.4 Å². The first kappa shape index (κ1) is 24.1. The zero-order valence-corrected chi connectivity index (χ0v) is 22.4. The highest BCUT2D eigenvalue weighted by Gasteiger charge is 2.19. The number of hydrogen-bond donors (Lipinski definition) is 2. The summed E-state index contributed by atoms with van der Waals surface area (Å²) in [6, 6.07) is 14.8. The average Bonchev–Trinajstić information content (AvgIpc) is 3.73. The van der Waals surface area contributed by atoms with Gasteiger partial charge in [0.25, 0.3) is 0 Å². The minimum Gasteiger partial charge on any atom is -0.491 e. The minimum absolute atomic E-state index is 0.667. The van der Waals surface area contributed by atoms with E-state index >= 15 is 0 Å². The van der Waals surface area contributed by atoms with Crippen molar-refractivity contribution in [2.24, 2.45) is 0 Å². The first-order valence-corrected chi connectivity index (χ1v) is 13.9. The second kappa shape index (κ2) is 10.3. The van der Waals surface area contributed by atoms with Crippen molar-refractivity contribution in [1.82, 2.24) is 34.9 Å². The van der Waals surface area contributed by atoms with Crippen molar-refractivity contribution in [2.45, 2.75) is 12.8 Å². The van der Waals surface area contributed by atoms with Gasteiger partial charge in [-0.05, 0) is 69.4 Å². The molecular formula is C30H34N8O. The molecule has 0 aliphatic carbocycles. The van der Waals surface area contributed by atoms with Crippen molar-refractivity contribution in [3.8, 4) is 28.4 Å². The summed E-state index contributed by atoms with van der Waals surface area (Å²) < 4.78 is 6.03. The maximum Gasteiger partial charge on any atom is 0.138 e. The van der Waals surface area contributed by atoms with Crippen LogP contribution in [-0.2, 0) is 0 Å². The van der Waals surface area contributed by atoms with E-state index in [2.05, 4.69) is 66.2 Å². The van der Waals surface area contributed by atoms with Gasteiger partial charge in [0.05, 0.1) is 23.1 Å². The summed E-state index contributed by atoms with van der Waals surface area (Å²) in [4.78, 5) is 20.4. The average molecular weight is 523 g/mol. The highest BCUT2D eigenvalue weighted by molar-refractivity contribution is 5.99. The number of pyridine rings is 2. The van der Waals surface area contributed by atoms with Crippen LogP contribution in [0.4, 0.5) is 5.69 Å². The molecule has 0 spiro atoms. The number of ether oxygens (including phenoxy) is 1. The number of aromatic nitrogens is 5. The zero-order valence-electron chi connectivity index (χ0n) is 22.4. The molecule has 5 aromatic rings. The molecule has 2 fully saturated rings. The Hall–Kier alpha value is -3.95. The predicted octanol–water partition coefficient (Wildman–Crippen LogP) is 4.39. The monoisotopic (exact) mass is 522 g/mol. The van der Waals surface area contributed by atoms with Gasteiger partial charge in [-0.2, -0.15) is 5.10 Å². The van der Waals surface area contributed by atoms with Crippen molar-refractivity contribution >= 4 is 27.6 Å². The highest BCUT2D eigenvalue weighted by Crippen LogP contribution is 2.34. The summed E-state index contributed by atoms with van der Waals surface area (Å²) in [5.41, 5.74) is 7.66. The Balaban J connectivity index is 1.17. The van der Waals surface area contributed by atoms with E-state index in [4.69, 9.17) is 9.72 Å². The van der Waals surface area contributed by atoms with E-state index in [1.165, 1.54) is 37.0 Å². The molecule has 0 atom stereocenters. The van der Waals surface area contributed by atoms with Crippen LogP contribution in [0.1, 0.15) is 12.8 Å². The Morgan fingerprint density at radius 2 is 1.79 bits per heavy atom. The molecule has 0 radical (unpaired) electrons. The molecule has 6 heterocycles. The third-order valence-corrected chi connectivity index (χ3v) is 8.03.